The van der Waals surface area contributed by atoms with Crippen LogP contribution >= 0.6 is 12.2 Å². The van der Waals surface area contributed by atoms with Gasteiger partial charge in [-0.15, -0.1) is 0 Å². The van der Waals surface area contributed by atoms with Crippen LogP contribution < -0.4 is 9.47 Å². The molecule has 6 nitrogen and oxygen atoms in total. The van der Waals surface area contributed by atoms with E-state index in [1.807, 2.05) is 54.6 Å². The molecule has 0 radical (unpaired) electrons. The second kappa shape index (κ2) is 7.66. The van der Waals surface area contributed by atoms with Gasteiger partial charge in [-0.05, 0) is 41.2 Å². The van der Waals surface area contributed by atoms with Crippen molar-refractivity contribution in [3.05, 3.63) is 71.0 Å². The molecule has 1 aromatic heterocycles. The Morgan fingerprint density at radius 2 is 1.71 bits per heavy atom. The molecule has 0 saturated heterocycles. The number of rotatable bonds is 5. The number of ether oxygens (including phenoxy) is 2. The van der Waals surface area contributed by atoms with E-state index in [1.54, 1.807) is 25.1 Å². The van der Waals surface area contributed by atoms with Crippen LogP contribution in [0.5, 0.6) is 11.5 Å². The highest BCUT2D eigenvalue weighted by atomic mass is 32.1. The molecule has 0 aliphatic carbocycles. The lowest BCUT2D eigenvalue weighted by atomic mass is 10.0. The van der Waals surface area contributed by atoms with Crippen molar-refractivity contribution < 1.29 is 9.47 Å². The summed E-state index contributed by atoms with van der Waals surface area (Å²) in [7, 11) is 3.26. The summed E-state index contributed by atoms with van der Waals surface area (Å²) in [5.41, 5.74) is 1.66. The molecule has 0 bridgehead atoms. The number of nitrogens with zero attached hydrogens (tertiary/aromatic N) is 3. The van der Waals surface area contributed by atoms with Gasteiger partial charge in [0.1, 0.15) is 11.5 Å². The van der Waals surface area contributed by atoms with Gasteiger partial charge in [-0.3, -0.25) is 0 Å². The lowest BCUT2D eigenvalue weighted by molar-refractivity contribution is 0.414. The number of aromatic amines is 1. The third-order valence-corrected chi connectivity index (χ3v) is 4.72. The first kappa shape index (κ1) is 17.9. The van der Waals surface area contributed by atoms with Gasteiger partial charge in [0.2, 0.25) is 4.77 Å². The van der Waals surface area contributed by atoms with Crippen molar-refractivity contribution in [2.75, 3.05) is 14.2 Å². The molecule has 0 spiro atoms. The van der Waals surface area contributed by atoms with Crippen LogP contribution in [0.3, 0.4) is 0 Å². The van der Waals surface area contributed by atoms with Crippen LogP contribution in [0, 0.1) is 4.77 Å². The first-order valence-corrected chi connectivity index (χ1v) is 9.04. The van der Waals surface area contributed by atoms with Gasteiger partial charge in [0, 0.05) is 5.56 Å². The van der Waals surface area contributed by atoms with Crippen molar-refractivity contribution in [2.24, 2.45) is 5.10 Å². The molecule has 0 atom stereocenters. The molecule has 4 aromatic rings. The van der Waals surface area contributed by atoms with E-state index in [-0.39, 0.29) is 0 Å². The summed E-state index contributed by atoms with van der Waals surface area (Å²) in [4.78, 5) is 0. The summed E-state index contributed by atoms with van der Waals surface area (Å²) in [6.07, 6.45) is 1.74. The number of methoxy groups -OCH3 is 2. The van der Waals surface area contributed by atoms with Gasteiger partial charge in [0.15, 0.2) is 5.82 Å². The van der Waals surface area contributed by atoms with Crippen LogP contribution in [0.15, 0.2) is 65.8 Å². The minimum Gasteiger partial charge on any atom is -0.496 e. The zero-order chi connectivity index (χ0) is 19.5. The molecular formula is C21H18N4O2S. The molecule has 0 aliphatic rings. The summed E-state index contributed by atoms with van der Waals surface area (Å²) < 4.78 is 12.9. The predicted octanol–water partition coefficient (Wildman–Crippen LogP) is 4.66. The van der Waals surface area contributed by atoms with Crippen molar-refractivity contribution in [3.63, 3.8) is 0 Å². The van der Waals surface area contributed by atoms with Gasteiger partial charge in [-0.2, -0.15) is 14.9 Å². The Balaban J connectivity index is 1.86. The topological polar surface area (TPSA) is 64.4 Å². The quantitative estimate of drug-likeness (QED) is 0.398. The van der Waals surface area contributed by atoms with E-state index in [9.17, 15) is 0 Å². The van der Waals surface area contributed by atoms with E-state index in [4.69, 9.17) is 21.7 Å². The number of hydrogen-bond donors (Lipinski definition) is 1. The Hall–Kier alpha value is -3.45. The number of nitrogens with one attached hydrogen (secondary N) is 1. The molecule has 3 aromatic carbocycles. The Labute approximate surface area is 167 Å². The maximum Gasteiger partial charge on any atom is 0.216 e. The van der Waals surface area contributed by atoms with Crippen LogP contribution in [-0.2, 0) is 0 Å². The normalized spacial score (nSPS) is 11.2. The summed E-state index contributed by atoms with van der Waals surface area (Å²) in [6, 6.07) is 19.6. The number of H-pyrrole nitrogens is 1. The molecule has 0 fully saturated rings. The Bertz CT molecular complexity index is 1230. The Morgan fingerprint density at radius 1 is 0.964 bits per heavy atom. The van der Waals surface area contributed by atoms with E-state index in [0.29, 0.717) is 16.3 Å². The van der Waals surface area contributed by atoms with Gasteiger partial charge in [-0.25, -0.2) is 5.10 Å². The number of aromatic nitrogens is 3. The van der Waals surface area contributed by atoms with Gasteiger partial charge >= 0.3 is 0 Å². The smallest absolute Gasteiger partial charge is 0.216 e. The van der Waals surface area contributed by atoms with Gasteiger partial charge < -0.3 is 9.47 Å². The molecule has 0 unspecified atom stereocenters. The van der Waals surface area contributed by atoms with Gasteiger partial charge in [-0.1, -0.05) is 42.5 Å². The molecular weight excluding hydrogens is 372 g/mol. The van der Waals surface area contributed by atoms with Crippen LogP contribution in [0.25, 0.3) is 22.2 Å². The summed E-state index contributed by atoms with van der Waals surface area (Å²) >= 11 is 5.38. The van der Waals surface area contributed by atoms with E-state index in [0.717, 1.165) is 27.6 Å². The molecule has 1 N–H and O–H groups in total. The highest BCUT2D eigenvalue weighted by molar-refractivity contribution is 7.71. The maximum atomic E-state index is 5.53. The fourth-order valence-electron chi connectivity index (χ4n) is 3.10. The average Bonchev–Trinajstić information content (AvgIpc) is 3.11. The first-order chi connectivity index (χ1) is 13.7. The van der Waals surface area contributed by atoms with Crippen LogP contribution in [0.4, 0.5) is 0 Å². The fourth-order valence-corrected chi connectivity index (χ4v) is 3.28. The number of fused-ring (bicyclic) bond motifs is 1. The standard InChI is InChI=1S/C21H18N4O2S/c1-26-18-10-6-5-9-16(18)20-23-24-21(28)25(20)22-13-17-15-8-4-3-7-14(15)11-12-19(17)27-2/h3-13H,1-2H3,(H,24,28). The van der Waals surface area contributed by atoms with Crippen molar-refractivity contribution in [1.82, 2.24) is 14.9 Å². The zero-order valence-corrected chi connectivity index (χ0v) is 16.2. The van der Waals surface area contributed by atoms with Gasteiger partial charge in [0.05, 0.1) is 26.0 Å². The van der Waals surface area contributed by atoms with Crippen molar-refractivity contribution in [3.8, 4) is 22.9 Å². The summed E-state index contributed by atoms with van der Waals surface area (Å²) in [6.45, 7) is 0. The van der Waals surface area contributed by atoms with Crippen LogP contribution in [-0.4, -0.2) is 35.3 Å². The highest BCUT2D eigenvalue weighted by Crippen LogP contribution is 2.29. The summed E-state index contributed by atoms with van der Waals surface area (Å²) in [5.74, 6) is 1.99. The minimum absolute atomic E-state index is 0.386. The molecule has 7 heteroatoms. The van der Waals surface area contributed by atoms with Crippen LogP contribution in [0.1, 0.15) is 5.56 Å². The minimum atomic E-state index is 0.386. The monoisotopic (exact) mass is 390 g/mol. The largest absolute Gasteiger partial charge is 0.496 e. The third-order valence-electron chi connectivity index (χ3n) is 4.45. The zero-order valence-electron chi connectivity index (χ0n) is 15.4. The predicted molar refractivity (Wildman–Crippen MR) is 113 cm³/mol. The second-order valence-electron chi connectivity index (χ2n) is 6.01. The molecule has 28 heavy (non-hydrogen) atoms. The SMILES string of the molecule is COc1ccccc1-c1n[nH]c(=S)n1N=Cc1c(OC)ccc2ccccc12. The van der Waals surface area contributed by atoms with Gasteiger partial charge in [0.25, 0.3) is 0 Å². The van der Waals surface area contributed by atoms with E-state index in [2.05, 4.69) is 21.4 Å². The lowest BCUT2D eigenvalue weighted by Crippen LogP contribution is -1.98. The van der Waals surface area contributed by atoms with Crippen molar-refractivity contribution >= 4 is 29.2 Å². The highest BCUT2D eigenvalue weighted by Gasteiger charge is 2.13. The van der Waals surface area contributed by atoms with Crippen molar-refractivity contribution in [1.29, 1.82) is 0 Å². The third kappa shape index (κ3) is 3.16. The number of para-hydroxylation sites is 1. The summed E-state index contributed by atoms with van der Waals surface area (Å²) in [5, 5.41) is 13.9. The number of benzene rings is 3. The second-order valence-corrected chi connectivity index (χ2v) is 6.40. The molecule has 0 aliphatic heterocycles. The van der Waals surface area contributed by atoms with Crippen LogP contribution in [0.2, 0.25) is 0 Å². The molecule has 0 amide bonds. The molecule has 0 saturated carbocycles. The molecule has 140 valence electrons. The Kier molecular flexibility index (Phi) is 4.90. The number of hydrogen-bond acceptors (Lipinski definition) is 5. The lowest BCUT2D eigenvalue weighted by Gasteiger charge is -2.09. The van der Waals surface area contributed by atoms with E-state index in [1.165, 1.54) is 0 Å². The van der Waals surface area contributed by atoms with E-state index >= 15 is 0 Å². The molecule has 1 heterocycles. The van der Waals surface area contributed by atoms with E-state index < -0.39 is 0 Å². The fraction of sp³-hybridized carbons (Fsp3) is 0.0952. The Morgan fingerprint density at radius 3 is 2.54 bits per heavy atom. The van der Waals surface area contributed by atoms with Crippen molar-refractivity contribution in [2.45, 2.75) is 0 Å². The first-order valence-electron chi connectivity index (χ1n) is 8.64. The average molecular weight is 390 g/mol. The molecule has 4 rings (SSSR count). The maximum absolute atomic E-state index is 5.53.